The lowest BCUT2D eigenvalue weighted by Crippen LogP contribution is -2.45. The number of amides is 2. The summed E-state index contributed by atoms with van der Waals surface area (Å²) >= 11 is 0. The van der Waals surface area contributed by atoms with Gasteiger partial charge >= 0.3 is 12.0 Å². The second kappa shape index (κ2) is 8.38. The number of nitrogens with one attached hydrogen (secondary N) is 2. The van der Waals surface area contributed by atoms with Crippen LogP contribution in [0.1, 0.15) is 51.1 Å². The number of aromatic hydroxyl groups is 1. The van der Waals surface area contributed by atoms with E-state index in [1.54, 1.807) is 19.1 Å². The molecule has 2 amide bonds. The number of phenols is 1. The molecule has 2 rings (SSSR count). The van der Waals surface area contributed by atoms with E-state index < -0.39 is 12.0 Å². The van der Waals surface area contributed by atoms with Crippen LogP contribution in [0.5, 0.6) is 5.75 Å². The zero-order chi connectivity index (χ0) is 17.5. The number of phenolic OH excluding ortho intramolecular Hbond substituents is 1. The van der Waals surface area contributed by atoms with Crippen molar-refractivity contribution >= 4 is 12.0 Å². The van der Waals surface area contributed by atoms with Crippen LogP contribution in [0.4, 0.5) is 4.79 Å². The highest BCUT2D eigenvalue weighted by atomic mass is 16.5. The molecular formula is C18H24N2O4. The summed E-state index contributed by atoms with van der Waals surface area (Å²) in [5, 5.41) is 14.8. The molecule has 6 nitrogen and oxygen atoms in total. The Morgan fingerprint density at radius 2 is 1.92 bits per heavy atom. The summed E-state index contributed by atoms with van der Waals surface area (Å²) in [5.74, 6) is -0.311. The van der Waals surface area contributed by atoms with Gasteiger partial charge in [-0.15, -0.1) is 0 Å². The van der Waals surface area contributed by atoms with Gasteiger partial charge in [-0.05, 0) is 31.0 Å². The Balaban J connectivity index is 2.13. The number of ether oxygens (including phenoxy) is 1. The van der Waals surface area contributed by atoms with Crippen molar-refractivity contribution in [2.45, 2.75) is 45.6 Å². The molecule has 0 unspecified atom stereocenters. The van der Waals surface area contributed by atoms with E-state index in [0.29, 0.717) is 23.4 Å². The molecule has 3 N–H and O–H groups in total. The molecule has 0 aliphatic carbocycles. The number of hydrogen-bond donors (Lipinski definition) is 3. The maximum atomic E-state index is 12.5. The molecule has 1 aliphatic rings. The largest absolute Gasteiger partial charge is 0.508 e. The first-order chi connectivity index (χ1) is 11.5. The zero-order valence-corrected chi connectivity index (χ0v) is 14.1. The van der Waals surface area contributed by atoms with E-state index in [4.69, 9.17) is 4.74 Å². The Bertz CT molecular complexity index is 622. The third-order valence-corrected chi connectivity index (χ3v) is 3.95. The summed E-state index contributed by atoms with van der Waals surface area (Å²) in [4.78, 5) is 24.2. The number of carbonyl (C=O) groups excluding carboxylic acids is 2. The minimum Gasteiger partial charge on any atom is -0.508 e. The smallest absolute Gasteiger partial charge is 0.338 e. The van der Waals surface area contributed by atoms with Crippen LogP contribution < -0.4 is 10.6 Å². The SMILES string of the molecule is CCCCCCOC(=O)C1=C(C)NC(=O)N[C@H]1c1ccc(O)cc1. The molecule has 0 fully saturated rings. The third-order valence-electron chi connectivity index (χ3n) is 3.95. The van der Waals surface area contributed by atoms with Crippen molar-refractivity contribution in [3.63, 3.8) is 0 Å². The average Bonchev–Trinajstić information content (AvgIpc) is 2.54. The number of carbonyl (C=O) groups is 2. The Hall–Kier alpha value is -2.50. The van der Waals surface area contributed by atoms with Crippen LogP contribution in [0.2, 0.25) is 0 Å². The number of benzene rings is 1. The van der Waals surface area contributed by atoms with Crippen LogP contribution in [0, 0.1) is 0 Å². The second-order valence-electron chi connectivity index (χ2n) is 5.86. The van der Waals surface area contributed by atoms with Crippen LogP contribution in [-0.4, -0.2) is 23.7 Å². The first kappa shape index (κ1) is 17.8. The molecular weight excluding hydrogens is 308 g/mol. The molecule has 0 saturated carbocycles. The van der Waals surface area contributed by atoms with E-state index in [-0.39, 0.29) is 11.8 Å². The summed E-state index contributed by atoms with van der Waals surface area (Å²) in [5.41, 5.74) is 1.58. The molecule has 24 heavy (non-hydrogen) atoms. The lowest BCUT2D eigenvalue weighted by Gasteiger charge is -2.28. The number of unbranched alkanes of at least 4 members (excludes halogenated alkanes) is 3. The van der Waals surface area contributed by atoms with Crippen molar-refractivity contribution in [2.24, 2.45) is 0 Å². The Labute approximate surface area is 141 Å². The molecule has 1 aliphatic heterocycles. The normalized spacial score (nSPS) is 17.2. The van der Waals surface area contributed by atoms with Gasteiger partial charge in [-0.3, -0.25) is 0 Å². The molecule has 1 aromatic carbocycles. The zero-order valence-electron chi connectivity index (χ0n) is 14.1. The van der Waals surface area contributed by atoms with Gasteiger partial charge in [0.05, 0.1) is 18.2 Å². The fourth-order valence-electron chi connectivity index (χ4n) is 2.65. The van der Waals surface area contributed by atoms with Crippen LogP contribution in [0.3, 0.4) is 0 Å². The van der Waals surface area contributed by atoms with Crippen molar-refractivity contribution in [1.82, 2.24) is 10.6 Å². The lowest BCUT2D eigenvalue weighted by atomic mass is 9.95. The molecule has 0 aromatic heterocycles. The Kier molecular flexibility index (Phi) is 6.23. The van der Waals surface area contributed by atoms with Crippen molar-refractivity contribution < 1.29 is 19.4 Å². The quantitative estimate of drug-likeness (QED) is 0.529. The average molecular weight is 332 g/mol. The van der Waals surface area contributed by atoms with Gasteiger partial charge in [-0.25, -0.2) is 9.59 Å². The van der Waals surface area contributed by atoms with E-state index in [0.717, 1.165) is 25.7 Å². The lowest BCUT2D eigenvalue weighted by molar-refractivity contribution is -0.139. The molecule has 6 heteroatoms. The minimum atomic E-state index is -0.595. The molecule has 0 bridgehead atoms. The van der Waals surface area contributed by atoms with Crippen LogP contribution in [0.25, 0.3) is 0 Å². The predicted molar refractivity (Wildman–Crippen MR) is 90.3 cm³/mol. The van der Waals surface area contributed by atoms with Crippen molar-refractivity contribution in [1.29, 1.82) is 0 Å². The van der Waals surface area contributed by atoms with E-state index in [2.05, 4.69) is 17.6 Å². The maximum Gasteiger partial charge on any atom is 0.338 e. The summed E-state index contributed by atoms with van der Waals surface area (Å²) in [6, 6.07) is 5.42. The van der Waals surface area contributed by atoms with Crippen LogP contribution in [0.15, 0.2) is 35.5 Å². The van der Waals surface area contributed by atoms with Crippen LogP contribution >= 0.6 is 0 Å². The highest BCUT2D eigenvalue weighted by Crippen LogP contribution is 2.28. The second-order valence-corrected chi connectivity index (χ2v) is 5.86. The predicted octanol–water partition coefficient (Wildman–Crippen LogP) is 3.14. The van der Waals surface area contributed by atoms with Gasteiger partial charge in [0, 0.05) is 5.70 Å². The van der Waals surface area contributed by atoms with Gasteiger partial charge in [-0.2, -0.15) is 0 Å². The summed E-state index contributed by atoms with van der Waals surface area (Å²) in [6.07, 6.45) is 4.10. The topological polar surface area (TPSA) is 87.7 Å². The van der Waals surface area contributed by atoms with Gasteiger partial charge in [0.1, 0.15) is 5.75 Å². The summed E-state index contributed by atoms with van der Waals surface area (Å²) in [7, 11) is 0. The maximum absolute atomic E-state index is 12.5. The number of urea groups is 1. The fraction of sp³-hybridized carbons (Fsp3) is 0.444. The van der Waals surface area contributed by atoms with Crippen molar-refractivity contribution in [2.75, 3.05) is 6.61 Å². The first-order valence-corrected chi connectivity index (χ1v) is 8.27. The first-order valence-electron chi connectivity index (χ1n) is 8.27. The van der Waals surface area contributed by atoms with E-state index in [1.165, 1.54) is 12.1 Å². The molecule has 1 atom stereocenters. The Morgan fingerprint density at radius 3 is 2.58 bits per heavy atom. The highest BCUT2D eigenvalue weighted by molar-refractivity contribution is 5.95. The van der Waals surface area contributed by atoms with Gasteiger partial charge in [-0.1, -0.05) is 38.3 Å². The number of allylic oxidation sites excluding steroid dienone is 1. The number of hydrogen-bond acceptors (Lipinski definition) is 4. The fourth-order valence-corrected chi connectivity index (χ4v) is 2.65. The van der Waals surface area contributed by atoms with Gasteiger partial charge < -0.3 is 20.5 Å². The highest BCUT2D eigenvalue weighted by Gasteiger charge is 2.32. The van der Waals surface area contributed by atoms with Crippen molar-refractivity contribution in [3.05, 3.63) is 41.1 Å². The minimum absolute atomic E-state index is 0.125. The molecule has 1 aromatic rings. The number of rotatable bonds is 7. The monoisotopic (exact) mass is 332 g/mol. The summed E-state index contributed by atoms with van der Waals surface area (Å²) in [6.45, 7) is 4.17. The number of esters is 1. The van der Waals surface area contributed by atoms with Crippen LogP contribution in [-0.2, 0) is 9.53 Å². The molecule has 0 radical (unpaired) electrons. The molecule has 0 spiro atoms. The molecule has 0 saturated heterocycles. The standard InChI is InChI=1S/C18H24N2O4/c1-3-4-5-6-11-24-17(22)15-12(2)19-18(23)20-16(15)13-7-9-14(21)10-8-13/h7-10,16,21H,3-6,11H2,1-2H3,(H2,19,20,23)/t16-/m0/s1. The van der Waals surface area contributed by atoms with Gasteiger partial charge in [0.25, 0.3) is 0 Å². The molecule has 1 heterocycles. The van der Waals surface area contributed by atoms with Gasteiger partial charge in [0.15, 0.2) is 0 Å². The van der Waals surface area contributed by atoms with E-state index in [9.17, 15) is 14.7 Å². The van der Waals surface area contributed by atoms with E-state index in [1.807, 2.05) is 0 Å². The van der Waals surface area contributed by atoms with E-state index >= 15 is 0 Å². The van der Waals surface area contributed by atoms with Crippen molar-refractivity contribution in [3.8, 4) is 5.75 Å². The Morgan fingerprint density at radius 1 is 1.21 bits per heavy atom. The molecule has 130 valence electrons. The third kappa shape index (κ3) is 4.50. The van der Waals surface area contributed by atoms with Gasteiger partial charge in [0.2, 0.25) is 0 Å². The summed E-state index contributed by atoms with van der Waals surface area (Å²) < 4.78 is 5.37.